The van der Waals surface area contributed by atoms with Crippen LogP contribution in [0, 0.1) is 0 Å². The third-order valence-corrected chi connectivity index (χ3v) is 3.74. The molecule has 0 bridgehead atoms. The quantitative estimate of drug-likeness (QED) is 0.510. The Morgan fingerprint density at radius 3 is 2.20 bits per heavy atom. The van der Waals surface area contributed by atoms with Crippen molar-refractivity contribution >= 4 is 58.9 Å². The molecular formula is C6H2Br2ClSi. The van der Waals surface area contributed by atoms with Crippen LogP contribution in [0.2, 0.25) is 5.02 Å². The van der Waals surface area contributed by atoms with Gasteiger partial charge in [-0.3, -0.25) is 0 Å². The van der Waals surface area contributed by atoms with Gasteiger partial charge >= 0.3 is 0 Å². The molecule has 0 unspecified atom stereocenters. The van der Waals surface area contributed by atoms with Crippen LogP contribution in [0.3, 0.4) is 0 Å². The highest BCUT2D eigenvalue weighted by molar-refractivity contribution is 9.13. The SMILES string of the molecule is [Si]c1cc(Br)c(Br)cc1Cl. The molecule has 0 saturated heterocycles. The Balaban J connectivity index is 3.28. The van der Waals surface area contributed by atoms with Gasteiger partial charge in [-0.05, 0) is 49.2 Å². The van der Waals surface area contributed by atoms with Crippen molar-refractivity contribution < 1.29 is 0 Å². The molecule has 0 atom stereocenters. The molecule has 0 aromatic heterocycles. The molecule has 0 N–H and O–H groups in total. The summed E-state index contributed by atoms with van der Waals surface area (Å²) in [5.41, 5.74) is 0. The summed E-state index contributed by atoms with van der Waals surface area (Å²) in [6.45, 7) is 0. The zero-order valence-corrected chi connectivity index (χ0v) is 9.72. The molecule has 0 nitrogen and oxygen atoms in total. The van der Waals surface area contributed by atoms with Crippen molar-refractivity contribution in [3.05, 3.63) is 26.1 Å². The number of rotatable bonds is 0. The second-order valence-corrected chi connectivity index (χ2v) is 4.40. The Labute approximate surface area is 84.6 Å². The van der Waals surface area contributed by atoms with E-state index < -0.39 is 0 Å². The zero-order valence-electron chi connectivity index (χ0n) is 4.79. The Bertz CT molecular complexity index is 212. The Morgan fingerprint density at radius 1 is 1.20 bits per heavy atom. The average molecular weight is 297 g/mol. The molecule has 0 spiro atoms. The highest BCUT2D eigenvalue weighted by Crippen LogP contribution is 2.24. The summed E-state index contributed by atoms with van der Waals surface area (Å²) in [5, 5.41) is 1.59. The number of halogens is 3. The van der Waals surface area contributed by atoms with Crippen molar-refractivity contribution in [3.8, 4) is 0 Å². The second kappa shape index (κ2) is 3.39. The van der Waals surface area contributed by atoms with Gasteiger partial charge in [0.15, 0.2) is 0 Å². The van der Waals surface area contributed by atoms with Gasteiger partial charge in [0, 0.05) is 14.0 Å². The standard InChI is InChI=1S/C6H2Br2ClSi/c7-3-1-5(9)6(10)2-4(3)8/h1-2H. The van der Waals surface area contributed by atoms with E-state index in [-0.39, 0.29) is 0 Å². The van der Waals surface area contributed by atoms with Crippen LogP contribution in [0.1, 0.15) is 0 Å². The molecular weight excluding hydrogens is 295 g/mol. The van der Waals surface area contributed by atoms with E-state index in [1.54, 1.807) is 0 Å². The summed E-state index contributed by atoms with van der Waals surface area (Å²) in [7, 11) is 3.35. The van der Waals surface area contributed by atoms with Crippen molar-refractivity contribution in [1.29, 1.82) is 0 Å². The lowest BCUT2D eigenvalue weighted by molar-refractivity contribution is 1.63. The van der Waals surface area contributed by atoms with Crippen molar-refractivity contribution in [2.75, 3.05) is 0 Å². The van der Waals surface area contributed by atoms with Gasteiger partial charge in [0.1, 0.15) is 0 Å². The van der Waals surface area contributed by atoms with E-state index in [0.717, 1.165) is 14.1 Å². The predicted octanol–water partition coefficient (Wildman–Crippen LogP) is 2.66. The number of hydrogen-bond acceptors (Lipinski definition) is 0. The van der Waals surface area contributed by atoms with Crippen LogP contribution in [0.25, 0.3) is 0 Å². The summed E-state index contributed by atoms with van der Waals surface area (Å²) in [6.07, 6.45) is 0. The van der Waals surface area contributed by atoms with Crippen molar-refractivity contribution in [3.63, 3.8) is 0 Å². The lowest BCUT2D eigenvalue weighted by atomic mass is 10.4. The monoisotopic (exact) mass is 295 g/mol. The molecule has 0 heterocycles. The fourth-order valence-electron chi connectivity index (χ4n) is 0.523. The van der Waals surface area contributed by atoms with E-state index in [9.17, 15) is 0 Å². The van der Waals surface area contributed by atoms with Gasteiger partial charge in [0.05, 0.1) is 10.2 Å². The highest BCUT2D eigenvalue weighted by atomic mass is 79.9. The van der Waals surface area contributed by atoms with E-state index in [2.05, 4.69) is 42.1 Å². The summed E-state index contributed by atoms with van der Waals surface area (Å²) in [6, 6.07) is 3.72. The molecule has 0 amide bonds. The topological polar surface area (TPSA) is 0 Å². The van der Waals surface area contributed by atoms with Crippen LogP contribution >= 0.6 is 43.5 Å². The number of benzene rings is 1. The third-order valence-electron chi connectivity index (χ3n) is 1.01. The van der Waals surface area contributed by atoms with E-state index in [4.69, 9.17) is 11.6 Å². The normalized spacial score (nSPS) is 10.0. The van der Waals surface area contributed by atoms with Gasteiger partial charge < -0.3 is 0 Å². The number of hydrogen-bond donors (Lipinski definition) is 0. The second-order valence-electron chi connectivity index (χ2n) is 1.75. The van der Waals surface area contributed by atoms with Crippen molar-refractivity contribution in [2.24, 2.45) is 0 Å². The fraction of sp³-hybridized carbons (Fsp3) is 0. The van der Waals surface area contributed by atoms with Crippen LogP contribution in [0.5, 0.6) is 0 Å². The van der Waals surface area contributed by atoms with Crippen molar-refractivity contribution in [2.45, 2.75) is 0 Å². The van der Waals surface area contributed by atoms with Crippen LogP contribution in [0.15, 0.2) is 21.1 Å². The summed E-state index contributed by atoms with van der Waals surface area (Å²) < 4.78 is 1.95. The molecule has 3 radical (unpaired) electrons. The van der Waals surface area contributed by atoms with Crippen LogP contribution in [-0.2, 0) is 0 Å². The molecule has 0 aliphatic carbocycles. The lowest BCUT2D eigenvalue weighted by Crippen LogP contribution is -2.02. The van der Waals surface area contributed by atoms with E-state index in [1.165, 1.54) is 0 Å². The Morgan fingerprint density at radius 2 is 1.70 bits per heavy atom. The van der Waals surface area contributed by atoms with Gasteiger partial charge in [-0.25, -0.2) is 0 Å². The summed E-state index contributed by atoms with van der Waals surface area (Å²) in [4.78, 5) is 0. The molecule has 0 saturated carbocycles. The lowest BCUT2D eigenvalue weighted by Gasteiger charge is -1.99. The van der Waals surface area contributed by atoms with E-state index in [1.807, 2.05) is 12.1 Å². The predicted molar refractivity (Wildman–Crippen MR) is 52.2 cm³/mol. The van der Waals surface area contributed by atoms with Gasteiger partial charge in [-0.1, -0.05) is 11.6 Å². The average Bonchev–Trinajstić information content (AvgIpc) is 1.84. The van der Waals surface area contributed by atoms with Crippen LogP contribution in [-0.4, -0.2) is 10.2 Å². The fourth-order valence-corrected chi connectivity index (χ4v) is 1.93. The summed E-state index contributed by atoms with van der Waals surface area (Å²) >= 11 is 12.5. The molecule has 4 heteroatoms. The molecule has 1 rings (SSSR count). The third kappa shape index (κ3) is 1.84. The minimum atomic E-state index is 0.701. The van der Waals surface area contributed by atoms with E-state index in [0.29, 0.717) is 5.02 Å². The molecule has 51 valence electrons. The largest absolute Gasteiger partial charge is 0.0845 e. The maximum absolute atomic E-state index is 5.79. The minimum Gasteiger partial charge on any atom is -0.0845 e. The molecule has 10 heavy (non-hydrogen) atoms. The first-order chi connectivity index (χ1) is 4.61. The molecule has 0 fully saturated rings. The van der Waals surface area contributed by atoms with Gasteiger partial charge in [0.2, 0.25) is 0 Å². The van der Waals surface area contributed by atoms with Crippen LogP contribution in [0.4, 0.5) is 0 Å². The first kappa shape index (κ1) is 8.78. The van der Waals surface area contributed by atoms with Gasteiger partial charge in [0.25, 0.3) is 0 Å². The summed E-state index contributed by atoms with van der Waals surface area (Å²) in [5.74, 6) is 0. The van der Waals surface area contributed by atoms with E-state index >= 15 is 0 Å². The molecule has 0 aliphatic rings. The zero-order chi connectivity index (χ0) is 7.72. The minimum absolute atomic E-state index is 0.701. The Kier molecular flexibility index (Phi) is 2.98. The van der Waals surface area contributed by atoms with Crippen LogP contribution < -0.4 is 5.19 Å². The molecule has 1 aromatic rings. The maximum atomic E-state index is 5.79. The van der Waals surface area contributed by atoms with Gasteiger partial charge in [-0.2, -0.15) is 0 Å². The molecule has 0 aliphatic heterocycles. The van der Waals surface area contributed by atoms with Gasteiger partial charge in [-0.15, -0.1) is 0 Å². The molecule has 1 aromatic carbocycles. The first-order valence-electron chi connectivity index (χ1n) is 2.47. The smallest absolute Gasteiger partial charge is 0.0733 e. The Hall–Kier alpha value is 0.687. The highest BCUT2D eigenvalue weighted by Gasteiger charge is 1.99. The maximum Gasteiger partial charge on any atom is 0.0733 e. The first-order valence-corrected chi connectivity index (χ1v) is 4.94. The van der Waals surface area contributed by atoms with Crippen molar-refractivity contribution in [1.82, 2.24) is 0 Å².